The van der Waals surface area contributed by atoms with Crippen molar-refractivity contribution < 1.29 is 13.6 Å². The molecule has 0 aliphatic rings. The molecule has 2 amide bonds. The van der Waals surface area contributed by atoms with E-state index in [1.54, 1.807) is 18.2 Å². The first kappa shape index (κ1) is 13.0. The average Bonchev–Trinajstić information content (AvgIpc) is 2.34. The lowest BCUT2D eigenvalue weighted by atomic mass is 10.2. The van der Waals surface area contributed by atoms with Gasteiger partial charge in [0.1, 0.15) is 11.6 Å². The highest BCUT2D eigenvalue weighted by Gasteiger charge is 2.08. The van der Waals surface area contributed by atoms with Crippen LogP contribution >= 0.6 is 0 Å². The molecular formula is C14H12F2N2O. The van der Waals surface area contributed by atoms with Crippen LogP contribution in [0.3, 0.4) is 0 Å². The minimum Gasteiger partial charge on any atom is -0.308 e. The summed E-state index contributed by atoms with van der Waals surface area (Å²) in [6, 6.07) is 9.37. The Kier molecular flexibility index (Phi) is 3.75. The van der Waals surface area contributed by atoms with Gasteiger partial charge in [-0.1, -0.05) is 12.1 Å². The fourth-order valence-corrected chi connectivity index (χ4v) is 1.60. The first-order chi connectivity index (χ1) is 9.04. The molecule has 0 unspecified atom stereocenters. The van der Waals surface area contributed by atoms with E-state index in [1.165, 1.54) is 0 Å². The Labute approximate surface area is 109 Å². The molecule has 0 fully saturated rings. The van der Waals surface area contributed by atoms with Gasteiger partial charge in [0.2, 0.25) is 0 Å². The molecule has 19 heavy (non-hydrogen) atoms. The summed E-state index contributed by atoms with van der Waals surface area (Å²) in [6.45, 7) is 1.88. The maximum absolute atomic E-state index is 13.3. The largest absolute Gasteiger partial charge is 0.323 e. The Morgan fingerprint density at radius 2 is 1.84 bits per heavy atom. The molecule has 2 aromatic rings. The van der Waals surface area contributed by atoms with Gasteiger partial charge in [-0.05, 0) is 36.8 Å². The third kappa shape index (κ3) is 3.51. The van der Waals surface area contributed by atoms with Crippen LogP contribution in [0.2, 0.25) is 0 Å². The van der Waals surface area contributed by atoms with Crippen molar-refractivity contribution in [3.8, 4) is 0 Å². The van der Waals surface area contributed by atoms with Crippen molar-refractivity contribution in [1.29, 1.82) is 0 Å². The van der Waals surface area contributed by atoms with Gasteiger partial charge < -0.3 is 10.6 Å². The topological polar surface area (TPSA) is 41.1 Å². The molecule has 0 atom stereocenters. The fourth-order valence-electron chi connectivity index (χ4n) is 1.60. The van der Waals surface area contributed by atoms with Crippen LogP contribution < -0.4 is 10.6 Å². The first-order valence-electron chi connectivity index (χ1n) is 5.64. The summed E-state index contributed by atoms with van der Waals surface area (Å²) in [6.07, 6.45) is 0. The molecule has 2 N–H and O–H groups in total. The van der Waals surface area contributed by atoms with E-state index in [0.29, 0.717) is 5.69 Å². The van der Waals surface area contributed by atoms with E-state index in [0.717, 1.165) is 23.8 Å². The number of rotatable bonds is 2. The van der Waals surface area contributed by atoms with Crippen molar-refractivity contribution in [2.75, 3.05) is 10.6 Å². The zero-order chi connectivity index (χ0) is 13.8. The van der Waals surface area contributed by atoms with Gasteiger partial charge in [0.15, 0.2) is 0 Å². The monoisotopic (exact) mass is 262 g/mol. The van der Waals surface area contributed by atoms with E-state index in [-0.39, 0.29) is 5.69 Å². The van der Waals surface area contributed by atoms with Crippen LogP contribution in [0.25, 0.3) is 0 Å². The van der Waals surface area contributed by atoms with Gasteiger partial charge in [0, 0.05) is 11.8 Å². The van der Waals surface area contributed by atoms with E-state index in [1.807, 2.05) is 13.0 Å². The highest BCUT2D eigenvalue weighted by Crippen LogP contribution is 2.16. The Morgan fingerprint density at radius 3 is 2.58 bits per heavy atom. The van der Waals surface area contributed by atoms with Crippen LogP contribution in [0.1, 0.15) is 5.56 Å². The molecular weight excluding hydrogens is 250 g/mol. The molecule has 0 heterocycles. The van der Waals surface area contributed by atoms with Crippen molar-refractivity contribution in [2.24, 2.45) is 0 Å². The molecule has 2 rings (SSSR count). The van der Waals surface area contributed by atoms with Crippen LogP contribution in [0, 0.1) is 18.6 Å². The third-order valence-electron chi connectivity index (χ3n) is 2.45. The van der Waals surface area contributed by atoms with Crippen LogP contribution in [0.4, 0.5) is 25.0 Å². The number of halogens is 2. The Bertz CT molecular complexity index is 614. The number of carbonyl (C=O) groups excluding carboxylic acids is 1. The summed E-state index contributed by atoms with van der Waals surface area (Å²) in [7, 11) is 0. The molecule has 0 aliphatic carbocycles. The number of carbonyl (C=O) groups is 1. The minimum atomic E-state index is -0.694. The zero-order valence-electron chi connectivity index (χ0n) is 10.2. The smallest absolute Gasteiger partial charge is 0.308 e. The van der Waals surface area contributed by atoms with Gasteiger partial charge in [0.05, 0.1) is 5.69 Å². The van der Waals surface area contributed by atoms with Gasteiger partial charge in [-0.3, -0.25) is 0 Å². The van der Waals surface area contributed by atoms with E-state index in [2.05, 4.69) is 10.6 Å². The van der Waals surface area contributed by atoms with Crippen molar-refractivity contribution in [2.45, 2.75) is 6.92 Å². The van der Waals surface area contributed by atoms with Crippen LogP contribution in [-0.4, -0.2) is 6.03 Å². The molecule has 3 nitrogen and oxygen atoms in total. The molecule has 0 aliphatic heterocycles. The van der Waals surface area contributed by atoms with E-state index >= 15 is 0 Å². The number of anilines is 2. The molecule has 98 valence electrons. The molecule has 0 spiro atoms. The lowest BCUT2D eigenvalue weighted by Crippen LogP contribution is -2.20. The number of benzene rings is 2. The summed E-state index contributed by atoms with van der Waals surface area (Å²) in [5.41, 5.74) is 1.36. The number of nitrogens with one attached hydrogen (secondary N) is 2. The summed E-state index contributed by atoms with van der Waals surface area (Å²) in [4.78, 5) is 11.6. The van der Waals surface area contributed by atoms with Crippen LogP contribution in [0.5, 0.6) is 0 Å². The summed E-state index contributed by atoms with van der Waals surface area (Å²) in [5.74, 6) is -1.31. The fraction of sp³-hybridized carbons (Fsp3) is 0.0714. The lowest BCUT2D eigenvalue weighted by Gasteiger charge is -2.09. The predicted octanol–water partition coefficient (Wildman–Crippen LogP) is 3.92. The Hall–Kier alpha value is -2.43. The molecule has 2 aromatic carbocycles. The van der Waals surface area contributed by atoms with Crippen LogP contribution in [0.15, 0.2) is 42.5 Å². The van der Waals surface area contributed by atoms with Crippen molar-refractivity contribution >= 4 is 17.4 Å². The van der Waals surface area contributed by atoms with Gasteiger partial charge in [0.25, 0.3) is 0 Å². The standard InChI is InChI=1S/C14H12F2N2O/c1-9-3-2-4-11(7-9)17-14(19)18-13-8-10(15)5-6-12(13)16/h2-8H,1H3,(H2,17,18,19). The second-order valence-corrected chi connectivity index (χ2v) is 4.07. The molecule has 0 radical (unpaired) electrons. The van der Waals surface area contributed by atoms with Crippen molar-refractivity contribution in [3.05, 3.63) is 59.7 Å². The second kappa shape index (κ2) is 5.48. The van der Waals surface area contributed by atoms with E-state index < -0.39 is 17.7 Å². The molecule has 5 heteroatoms. The maximum Gasteiger partial charge on any atom is 0.323 e. The summed E-state index contributed by atoms with van der Waals surface area (Å²) < 4.78 is 26.3. The van der Waals surface area contributed by atoms with Gasteiger partial charge in [-0.25, -0.2) is 13.6 Å². The van der Waals surface area contributed by atoms with Crippen molar-refractivity contribution in [1.82, 2.24) is 0 Å². The normalized spacial score (nSPS) is 10.1. The average molecular weight is 262 g/mol. The van der Waals surface area contributed by atoms with Gasteiger partial charge >= 0.3 is 6.03 Å². The van der Waals surface area contributed by atoms with E-state index in [4.69, 9.17) is 0 Å². The van der Waals surface area contributed by atoms with Gasteiger partial charge in [-0.15, -0.1) is 0 Å². The quantitative estimate of drug-likeness (QED) is 0.846. The SMILES string of the molecule is Cc1cccc(NC(=O)Nc2cc(F)ccc2F)c1. The second-order valence-electron chi connectivity index (χ2n) is 4.07. The Balaban J connectivity index is 2.07. The highest BCUT2D eigenvalue weighted by atomic mass is 19.1. The lowest BCUT2D eigenvalue weighted by molar-refractivity contribution is 0.262. The van der Waals surface area contributed by atoms with Crippen molar-refractivity contribution in [3.63, 3.8) is 0 Å². The summed E-state index contributed by atoms with van der Waals surface area (Å²) >= 11 is 0. The molecule has 0 saturated heterocycles. The third-order valence-corrected chi connectivity index (χ3v) is 2.45. The first-order valence-corrected chi connectivity index (χ1v) is 5.64. The molecule has 0 aromatic heterocycles. The number of hydrogen-bond acceptors (Lipinski definition) is 1. The zero-order valence-corrected chi connectivity index (χ0v) is 10.2. The van der Waals surface area contributed by atoms with E-state index in [9.17, 15) is 13.6 Å². The molecule has 0 saturated carbocycles. The van der Waals surface area contributed by atoms with Gasteiger partial charge in [-0.2, -0.15) is 0 Å². The number of hydrogen-bond donors (Lipinski definition) is 2. The molecule has 0 bridgehead atoms. The minimum absolute atomic E-state index is 0.204. The number of aryl methyl sites for hydroxylation is 1. The number of urea groups is 1. The number of amides is 2. The summed E-state index contributed by atoms with van der Waals surface area (Å²) in [5, 5.41) is 4.79. The predicted molar refractivity (Wildman–Crippen MR) is 70.2 cm³/mol. The highest BCUT2D eigenvalue weighted by molar-refractivity contribution is 5.99. The Morgan fingerprint density at radius 1 is 1.05 bits per heavy atom. The van der Waals surface area contributed by atoms with Crippen LogP contribution in [-0.2, 0) is 0 Å². The maximum atomic E-state index is 13.3.